The normalized spacial score (nSPS) is 9.69. The third-order valence-electron chi connectivity index (χ3n) is 1.50. The second-order valence-electron chi connectivity index (χ2n) is 2.56. The van der Waals surface area contributed by atoms with Gasteiger partial charge in [0.2, 0.25) is 0 Å². The fourth-order valence-electron chi connectivity index (χ4n) is 0.857. The topological polar surface area (TPSA) is 62.2 Å². The molecule has 0 unspecified atom stereocenters. The average molecular weight is 245 g/mol. The lowest BCUT2D eigenvalue weighted by atomic mass is 10.2. The van der Waals surface area contributed by atoms with Crippen molar-refractivity contribution in [1.82, 2.24) is 10.3 Å². The summed E-state index contributed by atoms with van der Waals surface area (Å²) < 4.78 is 0.682. The van der Waals surface area contributed by atoms with Crippen LogP contribution in [0.5, 0.6) is 0 Å². The summed E-state index contributed by atoms with van der Waals surface area (Å²) in [5, 5.41) is 10.6. The number of nitrogens with one attached hydrogen (secondary N) is 1. The molecule has 0 bridgehead atoms. The van der Waals surface area contributed by atoms with Crippen LogP contribution in [0.25, 0.3) is 0 Å². The van der Waals surface area contributed by atoms with E-state index in [4.69, 9.17) is 5.11 Å². The Bertz CT molecular complexity index is 328. The van der Waals surface area contributed by atoms with Gasteiger partial charge in [0.15, 0.2) is 0 Å². The monoisotopic (exact) mass is 244 g/mol. The van der Waals surface area contributed by atoms with Crippen LogP contribution >= 0.6 is 15.9 Å². The predicted molar refractivity (Wildman–Crippen MR) is 51.5 cm³/mol. The van der Waals surface area contributed by atoms with Gasteiger partial charge >= 0.3 is 6.09 Å². The van der Waals surface area contributed by atoms with Crippen LogP contribution in [0.15, 0.2) is 16.7 Å². The largest absolute Gasteiger partial charge is 0.465 e. The van der Waals surface area contributed by atoms with E-state index in [1.807, 2.05) is 19.1 Å². The highest BCUT2D eigenvalue weighted by Crippen LogP contribution is 2.13. The summed E-state index contributed by atoms with van der Waals surface area (Å²) in [6.07, 6.45) is -1.03. The molecule has 1 aromatic heterocycles. The molecule has 0 aliphatic rings. The minimum absolute atomic E-state index is 0.267. The van der Waals surface area contributed by atoms with Gasteiger partial charge in [-0.05, 0) is 28.9 Å². The summed E-state index contributed by atoms with van der Waals surface area (Å²) in [6, 6.07) is 3.67. The molecule has 0 aliphatic carbocycles. The first-order chi connectivity index (χ1) is 6.09. The van der Waals surface area contributed by atoms with Crippen molar-refractivity contribution in [1.29, 1.82) is 0 Å². The molecule has 0 saturated heterocycles. The Labute approximate surface area is 84.1 Å². The molecule has 1 aromatic rings. The quantitative estimate of drug-likeness (QED) is 0.782. The van der Waals surface area contributed by atoms with Crippen LogP contribution in [0.1, 0.15) is 11.3 Å². The van der Waals surface area contributed by atoms with Crippen LogP contribution in [0.3, 0.4) is 0 Å². The zero-order valence-corrected chi connectivity index (χ0v) is 8.63. The number of pyridine rings is 1. The lowest BCUT2D eigenvalue weighted by Crippen LogP contribution is -2.20. The van der Waals surface area contributed by atoms with E-state index in [9.17, 15) is 4.79 Å². The van der Waals surface area contributed by atoms with Gasteiger partial charge in [-0.25, -0.2) is 9.78 Å². The standard InChI is InChI=1S/C8H9BrN2O2/c1-5-2-3-6(7(9)11-5)4-10-8(12)13/h2-3,10H,4H2,1H3,(H,12,13). The molecule has 0 spiro atoms. The number of hydrogen-bond donors (Lipinski definition) is 2. The number of nitrogens with zero attached hydrogens (tertiary/aromatic N) is 1. The lowest BCUT2D eigenvalue weighted by Gasteiger charge is -2.03. The molecule has 0 aliphatic heterocycles. The van der Waals surface area contributed by atoms with E-state index in [1.54, 1.807) is 0 Å². The Morgan fingerprint density at radius 3 is 2.92 bits per heavy atom. The summed E-state index contributed by atoms with van der Waals surface area (Å²) in [5.74, 6) is 0. The van der Waals surface area contributed by atoms with E-state index < -0.39 is 6.09 Å². The van der Waals surface area contributed by atoms with Crippen LogP contribution in [0, 0.1) is 6.92 Å². The molecule has 0 atom stereocenters. The van der Waals surface area contributed by atoms with E-state index in [0.717, 1.165) is 11.3 Å². The fraction of sp³-hybridized carbons (Fsp3) is 0.250. The maximum absolute atomic E-state index is 10.2. The Hall–Kier alpha value is -1.10. The van der Waals surface area contributed by atoms with E-state index in [1.165, 1.54) is 0 Å². The molecule has 2 N–H and O–H groups in total. The zero-order chi connectivity index (χ0) is 9.84. The van der Waals surface area contributed by atoms with Gasteiger partial charge in [-0.15, -0.1) is 0 Å². The Balaban J connectivity index is 2.72. The smallest absolute Gasteiger partial charge is 0.404 e. The number of aromatic nitrogens is 1. The van der Waals surface area contributed by atoms with Crippen molar-refractivity contribution in [3.63, 3.8) is 0 Å². The number of aryl methyl sites for hydroxylation is 1. The number of carbonyl (C=O) groups is 1. The molecule has 1 rings (SSSR count). The summed E-state index contributed by atoms with van der Waals surface area (Å²) in [7, 11) is 0. The SMILES string of the molecule is Cc1ccc(CNC(=O)O)c(Br)n1. The number of halogens is 1. The second-order valence-corrected chi connectivity index (χ2v) is 3.31. The van der Waals surface area contributed by atoms with Crippen molar-refractivity contribution in [3.8, 4) is 0 Å². The highest BCUT2D eigenvalue weighted by molar-refractivity contribution is 9.10. The molecule has 5 heteroatoms. The molecular formula is C8H9BrN2O2. The van der Waals surface area contributed by atoms with E-state index >= 15 is 0 Å². The van der Waals surface area contributed by atoms with Crippen LogP contribution in [0.4, 0.5) is 4.79 Å². The molecule has 4 nitrogen and oxygen atoms in total. The van der Waals surface area contributed by atoms with E-state index in [0.29, 0.717) is 4.60 Å². The maximum atomic E-state index is 10.2. The van der Waals surface area contributed by atoms with Crippen molar-refractivity contribution >= 4 is 22.0 Å². The predicted octanol–water partition coefficient (Wildman–Crippen LogP) is 1.92. The second kappa shape index (κ2) is 4.23. The van der Waals surface area contributed by atoms with Crippen LogP contribution in [-0.4, -0.2) is 16.2 Å². The van der Waals surface area contributed by atoms with Gasteiger partial charge in [0.05, 0.1) is 0 Å². The Morgan fingerprint density at radius 1 is 1.69 bits per heavy atom. The third-order valence-corrected chi connectivity index (χ3v) is 2.18. The molecule has 0 aromatic carbocycles. The molecule has 13 heavy (non-hydrogen) atoms. The summed E-state index contributed by atoms with van der Waals surface area (Å²) in [5.41, 5.74) is 1.72. The van der Waals surface area contributed by atoms with Crippen molar-refractivity contribution in [2.75, 3.05) is 0 Å². The third kappa shape index (κ3) is 3.02. The van der Waals surface area contributed by atoms with Crippen LogP contribution < -0.4 is 5.32 Å². The molecule has 0 fully saturated rings. The molecular weight excluding hydrogens is 236 g/mol. The van der Waals surface area contributed by atoms with Gasteiger partial charge in [0.25, 0.3) is 0 Å². The molecule has 0 saturated carbocycles. The van der Waals surface area contributed by atoms with Crippen molar-refractivity contribution < 1.29 is 9.90 Å². The van der Waals surface area contributed by atoms with Gasteiger partial charge < -0.3 is 10.4 Å². The fourth-order valence-corrected chi connectivity index (χ4v) is 1.41. The van der Waals surface area contributed by atoms with E-state index in [-0.39, 0.29) is 6.54 Å². The highest BCUT2D eigenvalue weighted by atomic mass is 79.9. The van der Waals surface area contributed by atoms with Crippen molar-refractivity contribution in [3.05, 3.63) is 28.0 Å². The average Bonchev–Trinajstić information content (AvgIpc) is 2.02. The molecule has 1 heterocycles. The van der Waals surface area contributed by atoms with Gasteiger partial charge in [-0.1, -0.05) is 6.07 Å². The first-order valence-electron chi connectivity index (χ1n) is 3.68. The van der Waals surface area contributed by atoms with E-state index in [2.05, 4.69) is 26.2 Å². The molecule has 1 amide bonds. The highest BCUT2D eigenvalue weighted by Gasteiger charge is 2.02. The summed E-state index contributed by atoms with van der Waals surface area (Å²) in [6.45, 7) is 2.14. The first kappa shape index (κ1) is 9.98. The zero-order valence-electron chi connectivity index (χ0n) is 7.04. The Kier molecular flexibility index (Phi) is 3.25. The first-order valence-corrected chi connectivity index (χ1v) is 4.47. The maximum Gasteiger partial charge on any atom is 0.404 e. The van der Waals surface area contributed by atoms with Crippen LogP contribution in [-0.2, 0) is 6.54 Å². The summed E-state index contributed by atoms with van der Waals surface area (Å²) in [4.78, 5) is 14.3. The van der Waals surface area contributed by atoms with Gasteiger partial charge in [-0.2, -0.15) is 0 Å². The number of carboxylic acid groups (broad SMARTS) is 1. The Morgan fingerprint density at radius 2 is 2.38 bits per heavy atom. The number of hydrogen-bond acceptors (Lipinski definition) is 2. The minimum Gasteiger partial charge on any atom is -0.465 e. The summed E-state index contributed by atoms with van der Waals surface area (Å²) >= 11 is 3.25. The lowest BCUT2D eigenvalue weighted by molar-refractivity contribution is 0.194. The number of rotatable bonds is 2. The minimum atomic E-state index is -1.03. The molecule has 0 radical (unpaired) electrons. The number of amides is 1. The van der Waals surface area contributed by atoms with Crippen molar-refractivity contribution in [2.24, 2.45) is 0 Å². The van der Waals surface area contributed by atoms with Crippen molar-refractivity contribution in [2.45, 2.75) is 13.5 Å². The van der Waals surface area contributed by atoms with Crippen LogP contribution in [0.2, 0.25) is 0 Å². The van der Waals surface area contributed by atoms with Gasteiger partial charge in [-0.3, -0.25) is 0 Å². The van der Waals surface area contributed by atoms with Gasteiger partial charge in [0.1, 0.15) is 4.60 Å². The molecule has 70 valence electrons. The van der Waals surface area contributed by atoms with Gasteiger partial charge in [0, 0.05) is 17.8 Å².